The Morgan fingerprint density at radius 2 is 1.90 bits per heavy atom. The second kappa shape index (κ2) is 7.59. The highest BCUT2D eigenvalue weighted by Crippen LogP contribution is 2.35. The first kappa shape index (κ1) is 18.9. The van der Waals surface area contributed by atoms with E-state index in [9.17, 15) is 4.79 Å². The van der Waals surface area contributed by atoms with Crippen LogP contribution in [0.15, 0.2) is 77.4 Å². The number of hydrogen-bond donors (Lipinski definition) is 0. The smallest absolute Gasteiger partial charge is 0.260 e. The Hall–Kier alpha value is -3.15. The summed E-state index contributed by atoms with van der Waals surface area (Å²) >= 11 is 7.74. The van der Waals surface area contributed by atoms with Crippen molar-refractivity contribution < 1.29 is 9.21 Å². The van der Waals surface area contributed by atoms with Gasteiger partial charge >= 0.3 is 0 Å². The normalized spacial score (nSPS) is 11.3. The molecule has 5 rings (SSSR count). The quantitative estimate of drug-likeness (QED) is 0.312. The molecular formula is C24H17ClN2O2S. The Kier molecular flexibility index (Phi) is 4.77. The number of fused-ring (bicyclic) bond motifs is 2. The Morgan fingerprint density at radius 3 is 2.70 bits per heavy atom. The van der Waals surface area contributed by atoms with Gasteiger partial charge in [0.05, 0.1) is 23.0 Å². The number of halogens is 1. The van der Waals surface area contributed by atoms with Crippen LogP contribution < -0.4 is 4.90 Å². The number of thiazole rings is 1. The van der Waals surface area contributed by atoms with E-state index < -0.39 is 0 Å². The number of furan rings is 1. The first-order valence-corrected chi connectivity index (χ1v) is 10.7. The lowest BCUT2D eigenvalue weighted by Crippen LogP contribution is -2.30. The van der Waals surface area contributed by atoms with Gasteiger partial charge in [-0.1, -0.05) is 53.3 Å². The maximum absolute atomic E-state index is 13.6. The number of carbonyl (C=O) groups excluding carboxylic acids is 1. The highest BCUT2D eigenvalue weighted by Gasteiger charge is 2.23. The van der Waals surface area contributed by atoms with Crippen LogP contribution in [0.25, 0.3) is 21.0 Å². The van der Waals surface area contributed by atoms with E-state index in [1.54, 1.807) is 11.2 Å². The fourth-order valence-electron chi connectivity index (χ4n) is 3.47. The molecule has 0 bridgehead atoms. The second-order valence-electron chi connectivity index (χ2n) is 7.05. The topological polar surface area (TPSA) is 46.3 Å². The summed E-state index contributed by atoms with van der Waals surface area (Å²) in [5.41, 5.74) is 2.33. The molecule has 0 aliphatic carbocycles. The van der Waals surface area contributed by atoms with Gasteiger partial charge in [0.1, 0.15) is 5.76 Å². The molecule has 0 N–H and O–H groups in total. The van der Waals surface area contributed by atoms with Crippen LogP contribution in [0.1, 0.15) is 21.7 Å². The summed E-state index contributed by atoms with van der Waals surface area (Å²) in [4.78, 5) is 20.0. The predicted octanol–water partition coefficient (Wildman–Crippen LogP) is 6.85. The van der Waals surface area contributed by atoms with E-state index in [2.05, 4.69) is 0 Å². The van der Waals surface area contributed by atoms with Gasteiger partial charge in [0.15, 0.2) is 5.13 Å². The number of rotatable bonds is 4. The van der Waals surface area contributed by atoms with E-state index in [1.165, 1.54) is 11.3 Å². The predicted molar refractivity (Wildman–Crippen MR) is 123 cm³/mol. The largest absolute Gasteiger partial charge is 0.467 e. The number of hydrogen-bond acceptors (Lipinski definition) is 4. The van der Waals surface area contributed by atoms with Crippen molar-refractivity contribution in [1.82, 2.24) is 4.98 Å². The van der Waals surface area contributed by atoms with E-state index in [-0.39, 0.29) is 5.91 Å². The summed E-state index contributed by atoms with van der Waals surface area (Å²) in [6.45, 7) is 2.24. The van der Waals surface area contributed by atoms with Gasteiger partial charge in [0.25, 0.3) is 5.91 Å². The van der Waals surface area contributed by atoms with Crippen molar-refractivity contribution >= 4 is 55.0 Å². The third kappa shape index (κ3) is 3.36. The Balaban J connectivity index is 1.60. The number of carbonyl (C=O) groups is 1. The average molecular weight is 433 g/mol. The minimum absolute atomic E-state index is 0.125. The number of amides is 1. The molecule has 0 aliphatic heterocycles. The molecule has 5 aromatic rings. The van der Waals surface area contributed by atoms with Crippen LogP contribution in [0.2, 0.25) is 5.02 Å². The van der Waals surface area contributed by atoms with Gasteiger partial charge in [-0.15, -0.1) is 0 Å². The van der Waals surface area contributed by atoms with E-state index >= 15 is 0 Å². The number of aryl methyl sites for hydroxylation is 1. The maximum atomic E-state index is 13.6. The molecule has 0 saturated carbocycles. The molecule has 30 heavy (non-hydrogen) atoms. The number of nitrogens with zero attached hydrogens (tertiary/aromatic N) is 2. The summed E-state index contributed by atoms with van der Waals surface area (Å²) < 4.78 is 6.51. The third-order valence-corrected chi connectivity index (χ3v) is 6.56. The summed E-state index contributed by atoms with van der Waals surface area (Å²) in [7, 11) is 0. The molecule has 6 heteroatoms. The lowest BCUT2D eigenvalue weighted by molar-refractivity contribution is 0.0983. The van der Waals surface area contributed by atoms with Gasteiger partial charge in [-0.2, -0.15) is 0 Å². The SMILES string of the molecule is Cc1c(Cl)ccc2sc(N(Cc3ccco3)C(=O)c3ccc4ccccc4c3)nc12. The molecule has 3 aromatic carbocycles. The fourth-order valence-corrected chi connectivity index (χ4v) is 4.64. The highest BCUT2D eigenvalue weighted by molar-refractivity contribution is 7.22. The van der Waals surface area contributed by atoms with Gasteiger partial charge in [0, 0.05) is 10.6 Å². The van der Waals surface area contributed by atoms with E-state index in [0.717, 1.165) is 26.6 Å². The number of aromatic nitrogens is 1. The van der Waals surface area contributed by atoms with Crippen LogP contribution in [0.4, 0.5) is 5.13 Å². The lowest BCUT2D eigenvalue weighted by Gasteiger charge is -2.19. The van der Waals surface area contributed by atoms with Crippen molar-refractivity contribution in [3.63, 3.8) is 0 Å². The van der Waals surface area contributed by atoms with Gasteiger partial charge in [0.2, 0.25) is 0 Å². The molecule has 4 nitrogen and oxygen atoms in total. The van der Waals surface area contributed by atoms with E-state index in [0.29, 0.717) is 28.0 Å². The summed E-state index contributed by atoms with van der Waals surface area (Å²) in [6.07, 6.45) is 1.61. The third-order valence-electron chi connectivity index (χ3n) is 5.10. The van der Waals surface area contributed by atoms with Crippen LogP contribution in [-0.2, 0) is 6.54 Å². The van der Waals surface area contributed by atoms with Gasteiger partial charge in [-0.3, -0.25) is 9.69 Å². The van der Waals surface area contributed by atoms with Crippen molar-refractivity contribution in [3.05, 3.63) is 94.9 Å². The first-order valence-electron chi connectivity index (χ1n) is 9.49. The molecule has 0 spiro atoms. The second-order valence-corrected chi connectivity index (χ2v) is 8.46. The molecule has 2 aromatic heterocycles. The molecule has 0 fully saturated rings. The average Bonchev–Trinajstić information content (AvgIpc) is 3.44. The lowest BCUT2D eigenvalue weighted by atomic mass is 10.1. The fraction of sp³-hybridized carbons (Fsp3) is 0.0833. The van der Waals surface area contributed by atoms with Crippen molar-refractivity contribution in [2.45, 2.75) is 13.5 Å². The molecular weight excluding hydrogens is 416 g/mol. The molecule has 0 unspecified atom stereocenters. The van der Waals surface area contributed by atoms with Crippen LogP contribution in [0.5, 0.6) is 0 Å². The van der Waals surface area contributed by atoms with E-state index in [4.69, 9.17) is 21.0 Å². The number of benzene rings is 3. The Labute approximate surface area is 182 Å². The molecule has 0 saturated heterocycles. The minimum Gasteiger partial charge on any atom is -0.467 e. The Morgan fingerprint density at radius 1 is 1.07 bits per heavy atom. The van der Waals surface area contributed by atoms with Gasteiger partial charge in [-0.25, -0.2) is 4.98 Å². The minimum atomic E-state index is -0.125. The van der Waals surface area contributed by atoms with Crippen LogP contribution in [0.3, 0.4) is 0 Å². The zero-order valence-corrected chi connectivity index (χ0v) is 17.7. The van der Waals surface area contributed by atoms with Crippen LogP contribution in [-0.4, -0.2) is 10.9 Å². The van der Waals surface area contributed by atoms with Crippen LogP contribution >= 0.6 is 22.9 Å². The van der Waals surface area contributed by atoms with Crippen LogP contribution in [0, 0.1) is 6.92 Å². The first-order chi connectivity index (χ1) is 14.6. The molecule has 1 amide bonds. The standard InChI is InChI=1S/C24H17ClN2O2S/c1-15-20(25)10-11-21-22(15)26-24(30-21)27(14-19-7-4-12-29-19)23(28)18-9-8-16-5-2-3-6-17(16)13-18/h2-13H,14H2,1H3. The van der Waals surface area contributed by atoms with Crippen molar-refractivity contribution in [1.29, 1.82) is 0 Å². The molecule has 0 atom stereocenters. The van der Waals surface area contributed by atoms with Gasteiger partial charge < -0.3 is 4.42 Å². The van der Waals surface area contributed by atoms with Crippen molar-refractivity contribution in [3.8, 4) is 0 Å². The number of anilines is 1. The molecule has 2 heterocycles. The Bertz CT molecular complexity index is 1380. The van der Waals surface area contributed by atoms with Crippen molar-refractivity contribution in [2.75, 3.05) is 4.90 Å². The molecule has 148 valence electrons. The zero-order valence-electron chi connectivity index (χ0n) is 16.1. The van der Waals surface area contributed by atoms with Gasteiger partial charge in [-0.05, 0) is 59.7 Å². The highest BCUT2D eigenvalue weighted by atomic mass is 35.5. The van der Waals surface area contributed by atoms with Crippen molar-refractivity contribution in [2.24, 2.45) is 0 Å². The molecule has 0 radical (unpaired) electrons. The maximum Gasteiger partial charge on any atom is 0.260 e. The monoisotopic (exact) mass is 432 g/mol. The molecule has 0 aliphatic rings. The van der Waals surface area contributed by atoms with E-state index in [1.807, 2.05) is 73.7 Å². The zero-order chi connectivity index (χ0) is 20.7. The summed E-state index contributed by atoms with van der Waals surface area (Å²) in [5.74, 6) is 0.568. The summed E-state index contributed by atoms with van der Waals surface area (Å²) in [5, 5.41) is 3.40. The summed E-state index contributed by atoms with van der Waals surface area (Å²) in [6, 6.07) is 21.2.